The molecule has 0 fully saturated rings. The van der Waals surface area contributed by atoms with Crippen molar-refractivity contribution in [3.8, 4) is 0 Å². The van der Waals surface area contributed by atoms with E-state index in [0.717, 1.165) is 16.5 Å². The second-order valence-electron chi connectivity index (χ2n) is 7.17. The van der Waals surface area contributed by atoms with E-state index in [1.807, 2.05) is 36.4 Å². The van der Waals surface area contributed by atoms with Crippen molar-refractivity contribution in [3.05, 3.63) is 82.5 Å². The van der Waals surface area contributed by atoms with Gasteiger partial charge in [-0.25, -0.2) is 9.98 Å². The molecule has 4 rings (SSSR count). The number of nitrogens with one attached hydrogen (secondary N) is 1. The van der Waals surface area contributed by atoms with Crippen LogP contribution < -0.4 is 10.2 Å². The number of carbonyl (C=O) groups is 2. The first kappa shape index (κ1) is 20.9. The molecule has 2 amide bonds. The second kappa shape index (κ2) is 9.22. The lowest BCUT2D eigenvalue weighted by Gasteiger charge is -2.20. The summed E-state index contributed by atoms with van der Waals surface area (Å²) in [6, 6.07) is 18.9. The summed E-state index contributed by atoms with van der Waals surface area (Å²) in [7, 11) is 0. The molecule has 0 spiro atoms. The molecule has 156 valence electrons. The molecule has 0 saturated heterocycles. The monoisotopic (exact) mass is 476 g/mol. The second-order valence-corrected chi connectivity index (χ2v) is 8.09. The minimum Gasteiger partial charge on any atom is -0.324 e. The maximum absolute atomic E-state index is 13.1. The summed E-state index contributed by atoms with van der Waals surface area (Å²) in [4.78, 5) is 36.3. The topological polar surface area (TPSA) is 74.7 Å². The normalized spacial score (nSPS) is 13.3. The fourth-order valence-electron chi connectivity index (χ4n) is 3.40. The highest BCUT2D eigenvalue weighted by molar-refractivity contribution is 9.10. The first-order chi connectivity index (χ1) is 15.0. The van der Waals surface area contributed by atoms with Crippen molar-refractivity contribution in [1.82, 2.24) is 4.98 Å². The van der Waals surface area contributed by atoms with Gasteiger partial charge in [-0.15, -0.1) is 0 Å². The van der Waals surface area contributed by atoms with E-state index < -0.39 is 0 Å². The molecular formula is C24H21BrN4O2. The van der Waals surface area contributed by atoms with Crippen molar-refractivity contribution >= 4 is 50.6 Å². The highest BCUT2D eigenvalue weighted by Crippen LogP contribution is 2.31. The van der Waals surface area contributed by atoms with Crippen molar-refractivity contribution in [1.29, 1.82) is 0 Å². The van der Waals surface area contributed by atoms with E-state index in [2.05, 4.69) is 33.2 Å². The Balaban J connectivity index is 1.60. The number of carbonyl (C=O) groups excluding carboxylic acids is 2. The third-order valence-electron chi connectivity index (χ3n) is 5.00. The number of benzene rings is 2. The Hall–Kier alpha value is -3.32. The van der Waals surface area contributed by atoms with Gasteiger partial charge in [-0.2, -0.15) is 0 Å². The molecule has 2 heterocycles. The largest absolute Gasteiger partial charge is 0.324 e. The molecule has 6 nitrogen and oxygen atoms in total. The fourth-order valence-corrected chi connectivity index (χ4v) is 3.80. The predicted molar refractivity (Wildman–Crippen MR) is 126 cm³/mol. The Morgan fingerprint density at radius 2 is 1.94 bits per heavy atom. The van der Waals surface area contributed by atoms with Gasteiger partial charge in [0.2, 0.25) is 11.8 Å². The van der Waals surface area contributed by atoms with Gasteiger partial charge in [0, 0.05) is 16.4 Å². The lowest BCUT2D eigenvalue weighted by atomic mass is 10.0. The highest BCUT2D eigenvalue weighted by Gasteiger charge is 2.27. The molecule has 2 aromatic carbocycles. The zero-order chi connectivity index (χ0) is 21.8. The Morgan fingerprint density at radius 1 is 1.13 bits per heavy atom. The van der Waals surface area contributed by atoms with Gasteiger partial charge in [0.1, 0.15) is 12.2 Å². The molecule has 0 bridgehead atoms. The molecule has 0 saturated carbocycles. The first-order valence-corrected chi connectivity index (χ1v) is 10.8. The van der Waals surface area contributed by atoms with Crippen LogP contribution in [-0.2, 0) is 16.0 Å². The molecule has 3 aromatic rings. The Kier molecular flexibility index (Phi) is 6.23. The predicted octanol–water partition coefficient (Wildman–Crippen LogP) is 4.90. The Labute approximate surface area is 189 Å². The van der Waals surface area contributed by atoms with Gasteiger partial charge in [0.25, 0.3) is 0 Å². The molecule has 0 unspecified atom stereocenters. The summed E-state index contributed by atoms with van der Waals surface area (Å²) in [5, 5.41) is 2.83. The average Bonchev–Trinajstić information content (AvgIpc) is 2.90. The molecule has 31 heavy (non-hydrogen) atoms. The van der Waals surface area contributed by atoms with Crippen LogP contribution in [-0.4, -0.2) is 29.1 Å². The molecule has 1 aliphatic heterocycles. The number of anilines is 2. The zero-order valence-electron chi connectivity index (χ0n) is 17.0. The van der Waals surface area contributed by atoms with Crippen LogP contribution in [0.25, 0.3) is 0 Å². The number of nitrogens with zero attached hydrogens (tertiary/aromatic N) is 3. The van der Waals surface area contributed by atoms with Gasteiger partial charge in [-0.1, -0.05) is 53.2 Å². The van der Waals surface area contributed by atoms with Gasteiger partial charge >= 0.3 is 0 Å². The van der Waals surface area contributed by atoms with E-state index in [4.69, 9.17) is 4.99 Å². The van der Waals surface area contributed by atoms with Crippen LogP contribution in [0.1, 0.15) is 24.5 Å². The Bertz CT molecular complexity index is 1160. The molecule has 0 radical (unpaired) electrons. The van der Waals surface area contributed by atoms with Crippen molar-refractivity contribution in [3.63, 3.8) is 0 Å². The minimum atomic E-state index is -0.307. The number of hydrogen-bond donors (Lipinski definition) is 1. The number of aromatic nitrogens is 1. The molecule has 1 aliphatic rings. The SMILES string of the molecule is CCc1ccc(C2=Nc3cccnc3N(CC(=O)Nc3cccc(Br)c3)C(=O)C2)cc1. The summed E-state index contributed by atoms with van der Waals surface area (Å²) in [6.07, 6.45) is 2.63. The van der Waals surface area contributed by atoms with Gasteiger partial charge < -0.3 is 5.32 Å². The number of rotatable bonds is 5. The minimum absolute atomic E-state index is 0.0893. The summed E-state index contributed by atoms with van der Waals surface area (Å²) in [6.45, 7) is 1.95. The maximum Gasteiger partial charge on any atom is 0.244 e. The van der Waals surface area contributed by atoms with Crippen molar-refractivity contribution in [2.45, 2.75) is 19.8 Å². The van der Waals surface area contributed by atoms with Crippen LogP contribution in [0.4, 0.5) is 17.2 Å². The Morgan fingerprint density at radius 3 is 2.68 bits per heavy atom. The van der Waals surface area contributed by atoms with Crippen LogP contribution in [0.2, 0.25) is 0 Å². The standard InChI is InChI=1S/C24H21BrN4O2/c1-2-16-8-10-17(11-9-16)21-14-23(31)29(24-20(28-21)7-4-12-26-24)15-22(30)27-19-6-3-5-18(25)13-19/h3-13H,2,14-15H2,1H3,(H,27,30). The number of fused-ring (bicyclic) bond motifs is 1. The van der Waals surface area contributed by atoms with E-state index >= 15 is 0 Å². The van der Waals surface area contributed by atoms with Gasteiger partial charge in [-0.3, -0.25) is 14.5 Å². The maximum atomic E-state index is 13.1. The summed E-state index contributed by atoms with van der Waals surface area (Å²) in [5.74, 6) is -0.143. The molecule has 1 aromatic heterocycles. The van der Waals surface area contributed by atoms with Crippen LogP contribution in [0, 0.1) is 0 Å². The summed E-state index contributed by atoms with van der Waals surface area (Å²) in [5.41, 5.74) is 3.99. The zero-order valence-corrected chi connectivity index (χ0v) is 18.6. The fraction of sp³-hybridized carbons (Fsp3) is 0.167. The van der Waals surface area contributed by atoms with Crippen molar-refractivity contribution < 1.29 is 9.59 Å². The third-order valence-corrected chi connectivity index (χ3v) is 5.50. The van der Waals surface area contributed by atoms with Crippen LogP contribution >= 0.6 is 15.9 Å². The number of aryl methyl sites for hydroxylation is 1. The number of amides is 2. The molecule has 7 heteroatoms. The van der Waals surface area contributed by atoms with E-state index in [1.54, 1.807) is 30.5 Å². The summed E-state index contributed by atoms with van der Waals surface area (Å²) < 4.78 is 0.857. The van der Waals surface area contributed by atoms with Crippen molar-refractivity contribution in [2.24, 2.45) is 4.99 Å². The first-order valence-electron chi connectivity index (χ1n) is 10.0. The van der Waals surface area contributed by atoms with E-state index in [-0.39, 0.29) is 24.8 Å². The van der Waals surface area contributed by atoms with Crippen molar-refractivity contribution in [2.75, 3.05) is 16.8 Å². The van der Waals surface area contributed by atoms with Gasteiger partial charge in [0.15, 0.2) is 5.82 Å². The molecule has 1 N–H and O–H groups in total. The smallest absolute Gasteiger partial charge is 0.244 e. The van der Waals surface area contributed by atoms with Gasteiger partial charge in [0.05, 0.1) is 12.1 Å². The number of aliphatic imine (C=N–C) groups is 1. The van der Waals surface area contributed by atoms with Gasteiger partial charge in [-0.05, 0) is 47.9 Å². The average molecular weight is 477 g/mol. The van der Waals surface area contributed by atoms with Crippen LogP contribution in [0.15, 0.2) is 76.3 Å². The lowest BCUT2D eigenvalue weighted by Crippen LogP contribution is -2.39. The highest BCUT2D eigenvalue weighted by atomic mass is 79.9. The number of pyridine rings is 1. The summed E-state index contributed by atoms with van der Waals surface area (Å²) >= 11 is 3.39. The molecular weight excluding hydrogens is 456 g/mol. The molecule has 0 atom stereocenters. The van der Waals surface area contributed by atoms with Crippen LogP contribution in [0.5, 0.6) is 0 Å². The third kappa shape index (κ3) is 4.88. The lowest BCUT2D eigenvalue weighted by molar-refractivity contribution is -0.120. The quantitative estimate of drug-likeness (QED) is 0.568. The number of halogens is 1. The molecule has 0 aliphatic carbocycles. The van der Waals surface area contributed by atoms with Crippen LogP contribution in [0.3, 0.4) is 0 Å². The van der Waals surface area contributed by atoms with E-state index in [9.17, 15) is 9.59 Å². The van der Waals surface area contributed by atoms with E-state index in [0.29, 0.717) is 22.9 Å². The number of hydrogen-bond acceptors (Lipinski definition) is 4. The van der Waals surface area contributed by atoms with E-state index in [1.165, 1.54) is 10.5 Å².